The summed E-state index contributed by atoms with van der Waals surface area (Å²) in [4.78, 5) is 25.7. The zero-order chi connectivity index (χ0) is 21.3. The minimum Gasteiger partial charge on any atom is -0.493 e. The maximum Gasteiger partial charge on any atom is 0.254 e. The van der Waals surface area contributed by atoms with Crippen LogP contribution in [0.5, 0.6) is 5.75 Å². The average molecular weight is 433 g/mol. The van der Waals surface area contributed by atoms with Gasteiger partial charge in [0.2, 0.25) is 5.96 Å². The van der Waals surface area contributed by atoms with E-state index >= 15 is 0 Å². The number of carbonyl (C=O) groups is 1. The summed E-state index contributed by atoms with van der Waals surface area (Å²) in [5.41, 5.74) is 11.6. The van der Waals surface area contributed by atoms with Crippen LogP contribution in [-0.2, 0) is 4.84 Å². The molecule has 3 rings (SSSR count). The normalized spacial score (nSPS) is 16.1. The van der Waals surface area contributed by atoms with E-state index in [2.05, 4.69) is 15.0 Å². The van der Waals surface area contributed by atoms with E-state index in [1.165, 1.54) is 0 Å². The van der Waals surface area contributed by atoms with Crippen molar-refractivity contribution in [2.75, 3.05) is 37.7 Å². The summed E-state index contributed by atoms with van der Waals surface area (Å²) < 4.78 is 5.69. The summed E-state index contributed by atoms with van der Waals surface area (Å²) in [5.74, 6) is 0.417. The number of nitrogens with two attached hydrogens (primary N) is 2. The number of pyridine rings is 1. The molecule has 160 valence electrons. The van der Waals surface area contributed by atoms with Crippen molar-refractivity contribution in [2.24, 2.45) is 16.6 Å². The molecule has 1 atom stereocenters. The van der Waals surface area contributed by atoms with Crippen LogP contribution in [0.4, 0.5) is 5.69 Å². The lowest BCUT2D eigenvalue weighted by molar-refractivity contribution is 0.0738. The summed E-state index contributed by atoms with van der Waals surface area (Å²) in [7, 11) is 0. The minimum absolute atomic E-state index is 0.0726. The monoisotopic (exact) mass is 432 g/mol. The number of guanidine groups is 1. The number of halogens is 1. The minimum atomic E-state index is -0.310. The predicted molar refractivity (Wildman–Crippen MR) is 115 cm³/mol. The van der Waals surface area contributed by atoms with E-state index < -0.39 is 0 Å². The quantitative estimate of drug-likeness (QED) is 0.162. The van der Waals surface area contributed by atoms with Gasteiger partial charge in [0.1, 0.15) is 17.9 Å². The Labute approximate surface area is 180 Å². The summed E-state index contributed by atoms with van der Waals surface area (Å²) >= 11 is 6.55. The van der Waals surface area contributed by atoms with Gasteiger partial charge >= 0.3 is 0 Å². The van der Waals surface area contributed by atoms with Crippen molar-refractivity contribution in [2.45, 2.75) is 11.9 Å². The van der Waals surface area contributed by atoms with Crippen molar-refractivity contribution in [3.05, 3.63) is 54.4 Å². The Bertz CT molecular complexity index is 863. The molecule has 0 radical (unpaired) electrons. The first-order chi connectivity index (χ1) is 14.5. The lowest BCUT2D eigenvalue weighted by Gasteiger charge is -2.39. The molecule has 0 spiro atoms. The number of alkyl halides is 1. The van der Waals surface area contributed by atoms with Gasteiger partial charge in [-0.2, -0.15) is 0 Å². The van der Waals surface area contributed by atoms with Gasteiger partial charge in [-0.15, -0.1) is 0 Å². The van der Waals surface area contributed by atoms with Crippen molar-refractivity contribution in [1.82, 2.24) is 9.88 Å². The van der Waals surface area contributed by atoms with Gasteiger partial charge in [0.25, 0.3) is 5.91 Å². The molecular formula is C20H25ClN6O3. The fourth-order valence-corrected chi connectivity index (χ4v) is 3.46. The Morgan fingerprint density at radius 1 is 1.20 bits per heavy atom. The van der Waals surface area contributed by atoms with E-state index in [0.29, 0.717) is 50.6 Å². The zero-order valence-corrected chi connectivity index (χ0v) is 17.2. The molecule has 1 aliphatic heterocycles. The van der Waals surface area contributed by atoms with Crippen LogP contribution in [0.25, 0.3) is 0 Å². The molecule has 1 aromatic heterocycles. The summed E-state index contributed by atoms with van der Waals surface area (Å²) in [6.45, 7) is 2.39. The second-order valence-electron chi connectivity index (χ2n) is 6.66. The van der Waals surface area contributed by atoms with Gasteiger partial charge in [-0.3, -0.25) is 9.78 Å². The third-order valence-electron chi connectivity index (χ3n) is 4.50. The predicted octanol–water partition coefficient (Wildman–Crippen LogP) is 1.58. The number of hydrogen-bond donors (Lipinski definition) is 2. The van der Waals surface area contributed by atoms with Gasteiger partial charge in [-0.25, -0.2) is 0 Å². The molecule has 2 heterocycles. The summed E-state index contributed by atoms with van der Waals surface area (Å²) in [6.07, 6.45) is 4.06. The first-order valence-electron chi connectivity index (χ1n) is 9.58. The largest absolute Gasteiger partial charge is 0.493 e. The second-order valence-corrected chi connectivity index (χ2v) is 7.17. The van der Waals surface area contributed by atoms with E-state index in [1.807, 2.05) is 12.1 Å². The molecule has 1 amide bonds. The molecule has 2 aromatic rings. The fraction of sp³-hybridized carbons (Fsp3) is 0.350. The third-order valence-corrected chi connectivity index (χ3v) is 4.87. The highest BCUT2D eigenvalue weighted by atomic mass is 35.5. The van der Waals surface area contributed by atoms with Crippen LogP contribution < -0.4 is 21.1 Å². The number of amides is 1. The van der Waals surface area contributed by atoms with Crippen molar-refractivity contribution < 1.29 is 14.4 Å². The van der Waals surface area contributed by atoms with Crippen LogP contribution in [0.15, 0.2) is 53.9 Å². The number of rotatable bonds is 8. The smallest absolute Gasteiger partial charge is 0.254 e. The molecule has 1 saturated heterocycles. The van der Waals surface area contributed by atoms with Gasteiger partial charge < -0.3 is 30.8 Å². The van der Waals surface area contributed by atoms with E-state index in [-0.39, 0.29) is 17.4 Å². The zero-order valence-electron chi connectivity index (χ0n) is 16.5. The maximum atomic E-state index is 12.9. The molecule has 9 nitrogen and oxygen atoms in total. The SMILES string of the molecule is NC(N)=NOCCCOc1cccc(C(=O)N2CCN(c3ccncc3)C(Cl)C2)c1. The third kappa shape index (κ3) is 5.90. The number of benzene rings is 1. The highest BCUT2D eigenvalue weighted by molar-refractivity contribution is 6.22. The number of oxime groups is 1. The van der Waals surface area contributed by atoms with E-state index in [0.717, 1.165) is 5.69 Å². The van der Waals surface area contributed by atoms with Gasteiger partial charge in [-0.1, -0.05) is 17.7 Å². The molecule has 1 fully saturated rings. The number of nitrogens with zero attached hydrogens (tertiary/aromatic N) is 4. The van der Waals surface area contributed by atoms with Gasteiger partial charge in [0.05, 0.1) is 13.2 Å². The molecule has 1 unspecified atom stereocenters. The fourth-order valence-electron chi connectivity index (χ4n) is 3.09. The van der Waals surface area contributed by atoms with E-state index in [4.69, 9.17) is 32.6 Å². The van der Waals surface area contributed by atoms with Crippen LogP contribution in [0.2, 0.25) is 0 Å². The number of hydrogen-bond acceptors (Lipinski definition) is 6. The van der Waals surface area contributed by atoms with Gasteiger partial charge in [0, 0.05) is 43.2 Å². The highest BCUT2D eigenvalue weighted by Gasteiger charge is 2.29. The molecule has 0 saturated carbocycles. The van der Waals surface area contributed by atoms with Gasteiger partial charge in [0.15, 0.2) is 0 Å². The Balaban J connectivity index is 1.52. The number of carbonyl (C=O) groups excluding carboxylic acids is 1. The molecule has 0 aliphatic carbocycles. The molecular weight excluding hydrogens is 408 g/mol. The van der Waals surface area contributed by atoms with Crippen molar-refractivity contribution in [3.8, 4) is 5.75 Å². The van der Waals surface area contributed by atoms with Crippen LogP contribution >= 0.6 is 11.6 Å². The Morgan fingerprint density at radius 2 is 2.00 bits per heavy atom. The number of ether oxygens (including phenoxy) is 1. The highest BCUT2D eigenvalue weighted by Crippen LogP contribution is 2.23. The topological polar surface area (TPSA) is 119 Å². The summed E-state index contributed by atoms with van der Waals surface area (Å²) in [5, 5.41) is 3.44. The van der Waals surface area contributed by atoms with Crippen LogP contribution in [-0.4, -0.2) is 60.1 Å². The van der Waals surface area contributed by atoms with Gasteiger partial charge in [-0.05, 0) is 35.5 Å². The molecule has 0 bridgehead atoms. The van der Waals surface area contributed by atoms with Crippen molar-refractivity contribution >= 4 is 29.2 Å². The van der Waals surface area contributed by atoms with E-state index in [9.17, 15) is 4.79 Å². The number of anilines is 1. The average Bonchev–Trinajstić information content (AvgIpc) is 2.76. The first-order valence-corrected chi connectivity index (χ1v) is 10.0. The number of piperazine rings is 1. The molecule has 4 N–H and O–H groups in total. The first kappa shape index (κ1) is 21.5. The Kier molecular flexibility index (Phi) is 7.56. The Morgan fingerprint density at radius 3 is 2.73 bits per heavy atom. The molecule has 1 aliphatic rings. The lowest BCUT2D eigenvalue weighted by atomic mass is 10.1. The molecule has 30 heavy (non-hydrogen) atoms. The Hall–Kier alpha value is -3.20. The summed E-state index contributed by atoms with van der Waals surface area (Å²) in [6, 6.07) is 10.9. The lowest BCUT2D eigenvalue weighted by Crippen LogP contribution is -2.52. The molecule has 1 aromatic carbocycles. The van der Waals surface area contributed by atoms with Crippen LogP contribution in [0, 0.1) is 0 Å². The standard InChI is InChI=1S/C20H25ClN6O3/c21-18-14-26(9-10-27(18)16-5-7-24-8-6-16)19(28)15-3-1-4-17(13-15)29-11-2-12-30-25-20(22)23/h1,3-8,13,18H,2,9-12,14H2,(H4,22,23,25). The van der Waals surface area contributed by atoms with Crippen molar-refractivity contribution in [1.29, 1.82) is 0 Å². The number of aromatic nitrogens is 1. The maximum absolute atomic E-state index is 12.9. The second kappa shape index (κ2) is 10.5. The van der Waals surface area contributed by atoms with Crippen LogP contribution in [0.3, 0.4) is 0 Å². The van der Waals surface area contributed by atoms with Crippen molar-refractivity contribution in [3.63, 3.8) is 0 Å². The van der Waals surface area contributed by atoms with Crippen LogP contribution in [0.1, 0.15) is 16.8 Å². The van der Waals surface area contributed by atoms with E-state index in [1.54, 1.807) is 41.6 Å². The molecule has 10 heteroatoms.